The molecule has 2 amide bonds. The van der Waals surface area contributed by atoms with Crippen LogP contribution in [0.15, 0.2) is 40.8 Å². The maximum atomic E-state index is 13.9. The molecule has 7 nitrogen and oxygen atoms in total. The number of methoxy groups -OCH3 is 1. The van der Waals surface area contributed by atoms with Crippen molar-refractivity contribution in [1.29, 1.82) is 0 Å². The first kappa shape index (κ1) is 20.6. The predicted octanol–water partition coefficient (Wildman–Crippen LogP) is 4.61. The third kappa shape index (κ3) is 4.09. The van der Waals surface area contributed by atoms with Crippen LogP contribution in [-0.4, -0.2) is 42.2 Å². The first-order valence-corrected chi connectivity index (χ1v) is 11.0. The van der Waals surface area contributed by atoms with Crippen LogP contribution in [0.1, 0.15) is 43.1 Å². The van der Waals surface area contributed by atoms with Gasteiger partial charge in [-0.25, -0.2) is 14.2 Å². The molecule has 8 heteroatoms. The predicted molar refractivity (Wildman–Crippen MR) is 116 cm³/mol. The summed E-state index contributed by atoms with van der Waals surface area (Å²) < 4.78 is 31.3. The Morgan fingerprint density at radius 2 is 2.06 bits per heavy atom. The van der Waals surface area contributed by atoms with Gasteiger partial charge in [0, 0.05) is 19.0 Å². The number of nitrogens with one attached hydrogen (secondary N) is 1. The number of urea groups is 1. The molecule has 2 aliphatic rings. The minimum absolute atomic E-state index is 0.0608. The molecule has 1 unspecified atom stereocenters. The molecule has 1 aliphatic heterocycles. The monoisotopic (exact) mass is 439 g/mol. The van der Waals surface area contributed by atoms with Gasteiger partial charge in [-0.3, -0.25) is 0 Å². The number of halogens is 1. The molecule has 1 saturated heterocycles. The molecule has 2 aromatic carbocycles. The van der Waals surface area contributed by atoms with Crippen LogP contribution in [0.5, 0.6) is 11.5 Å². The number of hydrogen-bond donors (Lipinski definition) is 1. The SMILES string of the molecule is COc1ccc(C2CNC(=O)N(Cc3nc4c(F)cccc4o3)C2)cc1OC1CCCC1. The molecule has 0 spiro atoms. The van der Waals surface area contributed by atoms with Gasteiger partial charge < -0.3 is 24.1 Å². The minimum atomic E-state index is -0.438. The molecule has 2 fully saturated rings. The van der Waals surface area contributed by atoms with Crippen LogP contribution >= 0.6 is 0 Å². The number of rotatable bonds is 6. The van der Waals surface area contributed by atoms with Gasteiger partial charge in [0.1, 0.15) is 5.52 Å². The summed E-state index contributed by atoms with van der Waals surface area (Å²) in [6.07, 6.45) is 4.73. The van der Waals surface area contributed by atoms with Crippen LogP contribution in [0.4, 0.5) is 9.18 Å². The Morgan fingerprint density at radius 1 is 1.22 bits per heavy atom. The van der Waals surface area contributed by atoms with Gasteiger partial charge in [0.2, 0.25) is 5.89 Å². The number of oxazole rings is 1. The summed E-state index contributed by atoms with van der Waals surface area (Å²) in [6.45, 7) is 1.17. The normalized spacial score (nSPS) is 19.4. The van der Waals surface area contributed by atoms with Crippen molar-refractivity contribution >= 4 is 17.1 Å². The van der Waals surface area contributed by atoms with E-state index in [0.717, 1.165) is 24.2 Å². The third-order valence-electron chi connectivity index (χ3n) is 6.22. The van der Waals surface area contributed by atoms with E-state index < -0.39 is 5.82 Å². The Bertz CT molecular complexity index is 1130. The van der Waals surface area contributed by atoms with Crippen LogP contribution < -0.4 is 14.8 Å². The second kappa shape index (κ2) is 8.68. The molecule has 1 saturated carbocycles. The van der Waals surface area contributed by atoms with Crippen LogP contribution in [0.3, 0.4) is 0 Å². The molecule has 5 rings (SSSR count). The van der Waals surface area contributed by atoms with Crippen LogP contribution in [-0.2, 0) is 6.54 Å². The van der Waals surface area contributed by atoms with E-state index in [1.165, 1.54) is 18.9 Å². The molecule has 0 radical (unpaired) electrons. The maximum absolute atomic E-state index is 13.9. The fourth-order valence-electron chi connectivity index (χ4n) is 4.51. The Hall–Kier alpha value is -3.29. The summed E-state index contributed by atoms with van der Waals surface area (Å²) in [6, 6.07) is 10.3. The molecule has 1 N–H and O–H groups in total. The summed E-state index contributed by atoms with van der Waals surface area (Å²) in [4.78, 5) is 18.4. The van der Waals surface area contributed by atoms with Gasteiger partial charge in [0.25, 0.3) is 0 Å². The molecule has 168 valence electrons. The zero-order chi connectivity index (χ0) is 22.1. The topological polar surface area (TPSA) is 76.8 Å². The number of ether oxygens (including phenoxy) is 2. The quantitative estimate of drug-likeness (QED) is 0.607. The zero-order valence-corrected chi connectivity index (χ0v) is 18.0. The Morgan fingerprint density at radius 3 is 2.84 bits per heavy atom. The Balaban J connectivity index is 1.34. The second-order valence-corrected chi connectivity index (χ2v) is 8.39. The fraction of sp³-hybridized carbons (Fsp3) is 0.417. The smallest absolute Gasteiger partial charge is 0.317 e. The first-order chi connectivity index (χ1) is 15.6. The van der Waals surface area contributed by atoms with E-state index in [9.17, 15) is 9.18 Å². The largest absolute Gasteiger partial charge is 0.493 e. The van der Waals surface area contributed by atoms with Gasteiger partial charge in [-0.15, -0.1) is 0 Å². The number of hydrogen-bond acceptors (Lipinski definition) is 5. The summed E-state index contributed by atoms with van der Waals surface area (Å²) >= 11 is 0. The number of aromatic nitrogens is 1. The Labute approximate surface area is 185 Å². The van der Waals surface area contributed by atoms with Crippen molar-refractivity contribution < 1.29 is 23.1 Å². The summed E-state index contributed by atoms with van der Waals surface area (Å²) in [7, 11) is 1.64. The lowest BCUT2D eigenvalue weighted by atomic mass is 9.96. The van der Waals surface area contributed by atoms with E-state index >= 15 is 0 Å². The highest BCUT2D eigenvalue weighted by molar-refractivity contribution is 5.76. The molecule has 0 bridgehead atoms. The lowest BCUT2D eigenvalue weighted by Gasteiger charge is -2.33. The van der Waals surface area contributed by atoms with Crippen molar-refractivity contribution in [2.45, 2.75) is 44.2 Å². The maximum Gasteiger partial charge on any atom is 0.317 e. The number of carbonyl (C=O) groups excluding carboxylic acids is 1. The van der Waals surface area contributed by atoms with Gasteiger partial charge in [-0.1, -0.05) is 12.1 Å². The number of fused-ring (bicyclic) bond motifs is 1. The average Bonchev–Trinajstić information content (AvgIpc) is 3.45. The molecule has 32 heavy (non-hydrogen) atoms. The van der Waals surface area contributed by atoms with Crippen molar-refractivity contribution in [2.75, 3.05) is 20.2 Å². The van der Waals surface area contributed by atoms with Crippen LogP contribution in [0, 0.1) is 5.82 Å². The highest BCUT2D eigenvalue weighted by Gasteiger charge is 2.29. The second-order valence-electron chi connectivity index (χ2n) is 8.39. The zero-order valence-electron chi connectivity index (χ0n) is 18.0. The highest BCUT2D eigenvalue weighted by atomic mass is 19.1. The number of nitrogens with zero attached hydrogens (tertiary/aromatic N) is 2. The standard InChI is InChI=1S/C24H26FN3O4/c1-30-19-10-9-15(11-21(19)31-17-5-2-3-6-17)16-12-26-24(29)28(13-16)14-22-27-23-18(25)7-4-8-20(23)32-22/h4,7-11,16-17H,2-3,5-6,12-14H2,1H3,(H,26,29). The summed E-state index contributed by atoms with van der Waals surface area (Å²) in [5.74, 6) is 1.39. The molecule has 1 aromatic heterocycles. The van der Waals surface area contributed by atoms with E-state index in [4.69, 9.17) is 13.9 Å². The molecule has 2 heterocycles. The van der Waals surface area contributed by atoms with E-state index in [1.54, 1.807) is 24.1 Å². The summed E-state index contributed by atoms with van der Waals surface area (Å²) in [5, 5.41) is 2.94. The lowest BCUT2D eigenvalue weighted by molar-refractivity contribution is 0.170. The van der Waals surface area contributed by atoms with Gasteiger partial charge in [0.15, 0.2) is 22.9 Å². The van der Waals surface area contributed by atoms with Crippen molar-refractivity contribution in [1.82, 2.24) is 15.2 Å². The van der Waals surface area contributed by atoms with E-state index in [2.05, 4.69) is 10.3 Å². The van der Waals surface area contributed by atoms with Gasteiger partial charge in [-0.05, 0) is 55.5 Å². The van der Waals surface area contributed by atoms with E-state index in [1.807, 2.05) is 18.2 Å². The highest BCUT2D eigenvalue weighted by Crippen LogP contribution is 2.35. The first-order valence-electron chi connectivity index (χ1n) is 11.0. The van der Waals surface area contributed by atoms with E-state index in [0.29, 0.717) is 30.3 Å². The fourth-order valence-corrected chi connectivity index (χ4v) is 4.51. The third-order valence-corrected chi connectivity index (χ3v) is 6.22. The van der Waals surface area contributed by atoms with E-state index in [-0.39, 0.29) is 30.1 Å². The van der Waals surface area contributed by atoms with Crippen LogP contribution in [0.25, 0.3) is 11.1 Å². The number of amides is 2. The van der Waals surface area contributed by atoms with Crippen molar-refractivity contribution in [3.8, 4) is 11.5 Å². The lowest BCUT2D eigenvalue weighted by Crippen LogP contribution is -2.49. The number of carbonyl (C=O) groups is 1. The number of benzene rings is 2. The summed E-state index contributed by atoms with van der Waals surface area (Å²) in [5.41, 5.74) is 1.62. The van der Waals surface area contributed by atoms with Crippen molar-refractivity contribution in [2.24, 2.45) is 0 Å². The van der Waals surface area contributed by atoms with Crippen molar-refractivity contribution in [3.05, 3.63) is 53.7 Å². The number of para-hydroxylation sites is 1. The van der Waals surface area contributed by atoms with Crippen LogP contribution in [0.2, 0.25) is 0 Å². The van der Waals surface area contributed by atoms with Gasteiger partial charge in [-0.2, -0.15) is 0 Å². The molecular formula is C24H26FN3O4. The average molecular weight is 439 g/mol. The molecule has 1 aliphatic carbocycles. The minimum Gasteiger partial charge on any atom is -0.493 e. The van der Waals surface area contributed by atoms with Crippen molar-refractivity contribution in [3.63, 3.8) is 0 Å². The van der Waals surface area contributed by atoms with Gasteiger partial charge >= 0.3 is 6.03 Å². The van der Waals surface area contributed by atoms with Gasteiger partial charge in [0.05, 0.1) is 19.8 Å². The molecular weight excluding hydrogens is 413 g/mol. The Kier molecular flexibility index (Phi) is 5.59. The molecule has 3 aromatic rings. The molecule has 1 atom stereocenters.